The molecule has 1 aliphatic rings. The number of carbonyl (C=O) groups is 3. The van der Waals surface area contributed by atoms with Gasteiger partial charge in [0.15, 0.2) is 5.05 Å². The molecule has 0 atom stereocenters. The van der Waals surface area contributed by atoms with Gasteiger partial charge in [-0.05, 0) is 30.8 Å². The van der Waals surface area contributed by atoms with Gasteiger partial charge in [0.05, 0.1) is 17.5 Å². The van der Waals surface area contributed by atoms with Crippen molar-refractivity contribution in [1.29, 1.82) is 0 Å². The minimum atomic E-state index is -0.337. The van der Waals surface area contributed by atoms with E-state index in [1.54, 1.807) is 24.3 Å². The number of hydrogen-bond acceptors (Lipinski definition) is 4. The van der Waals surface area contributed by atoms with Crippen LogP contribution in [0.3, 0.4) is 0 Å². The van der Waals surface area contributed by atoms with Gasteiger partial charge in [-0.25, -0.2) is 0 Å². The lowest BCUT2D eigenvalue weighted by atomic mass is 10.1. The Balaban J connectivity index is 1.93. The lowest BCUT2D eigenvalue weighted by Gasteiger charge is -2.12. The van der Waals surface area contributed by atoms with Crippen LogP contribution in [-0.4, -0.2) is 39.2 Å². The summed E-state index contributed by atoms with van der Waals surface area (Å²) in [5.74, 6) is -0.847. The van der Waals surface area contributed by atoms with Crippen LogP contribution in [0.4, 0.5) is 0 Å². The second kappa shape index (κ2) is 5.92. The minimum absolute atomic E-state index is 0.155. The molecule has 0 fully saturated rings. The van der Waals surface area contributed by atoms with E-state index in [1.165, 1.54) is 0 Å². The second-order valence-corrected chi connectivity index (χ2v) is 4.99. The van der Waals surface area contributed by atoms with Crippen LogP contribution >= 0.6 is 12.2 Å². The highest BCUT2D eigenvalue weighted by molar-refractivity contribution is 7.80. The summed E-state index contributed by atoms with van der Waals surface area (Å²) < 4.78 is 0. The average molecular weight is 291 g/mol. The van der Waals surface area contributed by atoms with Crippen molar-refractivity contribution in [2.75, 3.05) is 6.54 Å². The first-order chi connectivity index (χ1) is 9.50. The predicted octanol–water partition coefficient (Wildman–Crippen LogP) is 1.91. The number of aliphatic hydroxyl groups is 1. The number of nitrogens with zero attached hydrogens (tertiary/aromatic N) is 1. The third-order valence-electron chi connectivity index (χ3n) is 3.06. The van der Waals surface area contributed by atoms with Crippen molar-refractivity contribution in [3.8, 4) is 0 Å². The quantitative estimate of drug-likeness (QED) is 0.640. The first-order valence-electron chi connectivity index (χ1n) is 6.19. The average Bonchev–Trinajstić information content (AvgIpc) is 2.63. The molecule has 2 rings (SSSR count). The molecule has 6 heteroatoms. The van der Waals surface area contributed by atoms with Crippen molar-refractivity contribution >= 4 is 34.9 Å². The fourth-order valence-corrected chi connectivity index (χ4v) is 2.29. The van der Waals surface area contributed by atoms with Gasteiger partial charge in [-0.1, -0.05) is 12.1 Å². The van der Waals surface area contributed by atoms with Crippen LogP contribution in [0.25, 0.3) is 0 Å². The van der Waals surface area contributed by atoms with E-state index in [1.807, 2.05) is 0 Å². The maximum atomic E-state index is 12.0. The maximum Gasteiger partial charge on any atom is 0.261 e. The molecule has 104 valence electrons. The van der Waals surface area contributed by atoms with Crippen LogP contribution in [0.15, 0.2) is 24.3 Å². The first-order valence-corrected chi connectivity index (χ1v) is 6.60. The third-order valence-corrected chi connectivity index (χ3v) is 3.21. The zero-order valence-electron chi connectivity index (χ0n) is 10.7. The lowest BCUT2D eigenvalue weighted by molar-refractivity contribution is -0.118. The van der Waals surface area contributed by atoms with Gasteiger partial charge in [-0.3, -0.25) is 19.3 Å². The highest BCUT2D eigenvalue weighted by Crippen LogP contribution is 2.22. The second-order valence-electron chi connectivity index (χ2n) is 4.52. The van der Waals surface area contributed by atoms with Crippen LogP contribution in [0, 0.1) is 0 Å². The molecular weight excluding hydrogens is 278 g/mol. The molecule has 1 N–H and O–H groups in total. The molecule has 2 amide bonds. The zero-order chi connectivity index (χ0) is 14.7. The number of hydrogen-bond donors (Lipinski definition) is 1. The number of fused-ring (bicyclic) bond motifs is 1. The summed E-state index contributed by atoms with van der Waals surface area (Å²) in [5.41, 5.74) is 0.806. The molecule has 0 aliphatic carbocycles. The number of thiocarbonyl (C=S) groups is 1. The molecule has 0 saturated heterocycles. The normalized spacial score (nSPS) is 13.5. The lowest BCUT2D eigenvalue weighted by Crippen LogP contribution is -2.31. The Morgan fingerprint density at radius 3 is 2.20 bits per heavy atom. The number of imide groups is 1. The molecule has 0 aromatic heterocycles. The maximum absolute atomic E-state index is 12.0. The van der Waals surface area contributed by atoms with Gasteiger partial charge in [-0.2, -0.15) is 0 Å². The molecule has 5 nitrogen and oxygen atoms in total. The van der Waals surface area contributed by atoms with E-state index in [2.05, 4.69) is 12.2 Å². The molecule has 0 bridgehead atoms. The van der Waals surface area contributed by atoms with Gasteiger partial charge in [0.1, 0.15) is 5.78 Å². The van der Waals surface area contributed by atoms with Gasteiger partial charge in [0, 0.05) is 13.0 Å². The fourth-order valence-electron chi connectivity index (χ4n) is 2.13. The Labute approximate surface area is 121 Å². The summed E-state index contributed by atoms with van der Waals surface area (Å²) in [6.07, 6.45) is 0.387. The van der Waals surface area contributed by atoms with Crippen molar-refractivity contribution < 1.29 is 19.5 Å². The van der Waals surface area contributed by atoms with E-state index in [-0.39, 0.29) is 42.0 Å². The number of carbonyl (C=O) groups excluding carboxylic acids is 3. The van der Waals surface area contributed by atoms with E-state index >= 15 is 0 Å². The zero-order valence-corrected chi connectivity index (χ0v) is 11.5. The minimum Gasteiger partial charge on any atom is -0.502 e. The van der Waals surface area contributed by atoms with Crippen LogP contribution in [0.1, 0.15) is 40.0 Å². The summed E-state index contributed by atoms with van der Waals surface area (Å²) in [5, 5.41) is 8.49. The number of rotatable bonds is 6. The molecule has 1 aliphatic heterocycles. The highest BCUT2D eigenvalue weighted by Gasteiger charge is 2.34. The summed E-state index contributed by atoms with van der Waals surface area (Å²) in [6.45, 7) is 0.191. The van der Waals surface area contributed by atoms with Crippen molar-refractivity contribution in [3.05, 3.63) is 35.4 Å². The van der Waals surface area contributed by atoms with Gasteiger partial charge >= 0.3 is 0 Å². The van der Waals surface area contributed by atoms with Crippen molar-refractivity contribution in [1.82, 2.24) is 4.90 Å². The van der Waals surface area contributed by atoms with Crippen molar-refractivity contribution in [2.24, 2.45) is 0 Å². The molecule has 0 spiro atoms. The van der Waals surface area contributed by atoms with Crippen LogP contribution in [-0.2, 0) is 4.79 Å². The summed E-state index contributed by atoms with van der Waals surface area (Å²) in [4.78, 5) is 36.6. The monoisotopic (exact) mass is 291 g/mol. The largest absolute Gasteiger partial charge is 0.502 e. The Hall–Kier alpha value is -2.08. The first kappa shape index (κ1) is 14.3. The Kier molecular flexibility index (Phi) is 4.24. The molecule has 1 heterocycles. The van der Waals surface area contributed by atoms with E-state index in [9.17, 15) is 14.4 Å². The number of benzene rings is 1. The Bertz CT molecular complexity index is 562. The van der Waals surface area contributed by atoms with Crippen molar-refractivity contribution in [2.45, 2.75) is 19.3 Å². The fraction of sp³-hybridized carbons (Fsp3) is 0.286. The smallest absolute Gasteiger partial charge is 0.261 e. The Morgan fingerprint density at radius 2 is 1.70 bits per heavy atom. The molecule has 1 aromatic carbocycles. The van der Waals surface area contributed by atoms with Crippen LogP contribution in [0.5, 0.6) is 0 Å². The molecule has 0 radical (unpaired) electrons. The predicted molar refractivity (Wildman–Crippen MR) is 75.9 cm³/mol. The van der Waals surface area contributed by atoms with Gasteiger partial charge < -0.3 is 5.11 Å². The number of aliphatic hydroxyl groups excluding tert-OH is 1. The van der Waals surface area contributed by atoms with Gasteiger partial charge in [0.2, 0.25) is 0 Å². The molecule has 20 heavy (non-hydrogen) atoms. The summed E-state index contributed by atoms with van der Waals surface area (Å²) in [7, 11) is 0. The van der Waals surface area contributed by atoms with E-state index in [4.69, 9.17) is 5.11 Å². The van der Waals surface area contributed by atoms with Crippen LogP contribution < -0.4 is 0 Å². The number of Topliss-reactive ketones (excluding diaryl/α,β-unsaturated/α-hetero) is 1. The van der Waals surface area contributed by atoms with Crippen LogP contribution in [0.2, 0.25) is 0 Å². The topological polar surface area (TPSA) is 74.7 Å². The summed E-state index contributed by atoms with van der Waals surface area (Å²) in [6, 6.07) is 6.65. The standard InChI is InChI=1S/C14H13NO4S/c16-9(8-12(17)20)4-3-7-15-13(18)10-5-1-2-6-11(10)14(15)19/h1-2,5-6H,3-4,7-8H2,(H,17,20). The van der Waals surface area contributed by atoms with E-state index in [0.29, 0.717) is 17.5 Å². The van der Waals surface area contributed by atoms with E-state index in [0.717, 1.165) is 4.90 Å². The molecule has 1 aromatic rings. The van der Waals surface area contributed by atoms with Gasteiger partial charge in [-0.15, -0.1) is 0 Å². The third kappa shape index (κ3) is 2.91. The Morgan fingerprint density at radius 1 is 1.15 bits per heavy atom. The SMILES string of the molecule is O=C(CCCN1C(=O)c2ccccc2C1=O)CC(O)=S. The van der Waals surface area contributed by atoms with E-state index < -0.39 is 0 Å². The highest BCUT2D eigenvalue weighted by atomic mass is 32.1. The summed E-state index contributed by atoms with van der Waals surface area (Å²) >= 11 is 4.43. The number of amides is 2. The van der Waals surface area contributed by atoms with Gasteiger partial charge in [0.25, 0.3) is 11.8 Å². The molecular formula is C14H13NO4S. The van der Waals surface area contributed by atoms with Crippen molar-refractivity contribution in [3.63, 3.8) is 0 Å². The molecule has 0 unspecified atom stereocenters. The number of ketones is 1. The molecule has 0 saturated carbocycles.